The van der Waals surface area contributed by atoms with Crippen LogP contribution in [0.25, 0.3) is 0 Å². The number of likely N-dealkylation sites (tertiary alicyclic amines) is 1. The number of ether oxygens (including phenoxy) is 1. The van der Waals surface area contributed by atoms with Gasteiger partial charge in [0, 0.05) is 6.04 Å². The number of thiophene rings is 1. The second-order valence-corrected chi connectivity index (χ2v) is 6.87. The Morgan fingerprint density at radius 1 is 1.40 bits per heavy atom. The van der Waals surface area contributed by atoms with Gasteiger partial charge in [-0.05, 0) is 55.5 Å². The number of anilines is 1. The minimum Gasteiger partial charge on any atom is -0.494 e. The highest BCUT2D eigenvalue weighted by Gasteiger charge is 2.27. The number of nitrogens with one attached hydrogen (secondary N) is 1. The van der Waals surface area contributed by atoms with Gasteiger partial charge in [-0.1, -0.05) is 12.1 Å². The second kappa shape index (κ2) is 8.15. The summed E-state index contributed by atoms with van der Waals surface area (Å²) >= 11 is 1.38. The Morgan fingerprint density at radius 3 is 2.92 bits per heavy atom. The van der Waals surface area contributed by atoms with Crippen molar-refractivity contribution in [3.63, 3.8) is 0 Å². The first-order valence-corrected chi connectivity index (χ1v) is 9.33. The maximum absolute atomic E-state index is 12.4. The van der Waals surface area contributed by atoms with Crippen LogP contribution >= 0.6 is 11.3 Å². The van der Waals surface area contributed by atoms with Crippen molar-refractivity contribution in [2.75, 3.05) is 25.0 Å². The van der Waals surface area contributed by atoms with Crippen molar-refractivity contribution in [1.29, 1.82) is 5.26 Å². The minimum absolute atomic E-state index is 0.0724. The highest BCUT2D eigenvalue weighted by molar-refractivity contribution is 7.14. The summed E-state index contributed by atoms with van der Waals surface area (Å²) in [7, 11) is 0. The van der Waals surface area contributed by atoms with Gasteiger partial charge in [0.25, 0.3) is 0 Å². The maximum Gasteiger partial charge on any atom is 0.239 e. The van der Waals surface area contributed by atoms with Crippen molar-refractivity contribution in [3.8, 4) is 11.8 Å². The Bertz CT molecular complexity index is 764. The van der Waals surface area contributed by atoms with Gasteiger partial charge >= 0.3 is 0 Å². The number of benzene rings is 1. The standard InChI is InChI=1S/C19H21N3O2S/c1-2-24-16-7-5-14(6-8-16)17-4-3-10-22(17)13-18(23)21-19-15(12-20)9-11-25-19/h5-9,11,17H,2-4,10,13H2,1H3,(H,21,23). The number of carbonyl (C=O) groups is 1. The van der Waals surface area contributed by atoms with E-state index >= 15 is 0 Å². The largest absolute Gasteiger partial charge is 0.494 e. The van der Waals surface area contributed by atoms with Gasteiger partial charge in [0.1, 0.15) is 16.8 Å². The predicted molar refractivity (Wildman–Crippen MR) is 98.8 cm³/mol. The maximum atomic E-state index is 12.4. The summed E-state index contributed by atoms with van der Waals surface area (Å²) in [4.78, 5) is 14.6. The molecule has 3 rings (SSSR count). The molecule has 1 saturated heterocycles. The van der Waals surface area contributed by atoms with Crippen LogP contribution < -0.4 is 10.1 Å². The van der Waals surface area contributed by atoms with Crippen LogP contribution in [0.1, 0.15) is 36.9 Å². The molecule has 0 aliphatic carbocycles. The zero-order valence-electron chi connectivity index (χ0n) is 14.2. The van der Waals surface area contributed by atoms with Gasteiger partial charge in [0.2, 0.25) is 5.91 Å². The molecule has 130 valence electrons. The SMILES string of the molecule is CCOc1ccc(C2CCCN2CC(=O)Nc2sccc2C#N)cc1. The highest BCUT2D eigenvalue weighted by atomic mass is 32.1. The summed E-state index contributed by atoms with van der Waals surface area (Å²) in [6.45, 7) is 3.86. The molecular formula is C19H21N3O2S. The number of amides is 1. The average molecular weight is 355 g/mol. The molecule has 6 heteroatoms. The minimum atomic E-state index is -0.0724. The Morgan fingerprint density at radius 2 is 2.20 bits per heavy atom. The zero-order valence-corrected chi connectivity index (χ0v) is 15.0. The van der Waals surface area contributed by atoms with Crippen LogP contribution in [0.5, 0.6) is 5.75 Å². The van der Waals surface area contributed by atoms with Crippen LogP contribution in [0.4, 0.5) is 5.00 Å². The third-order valence-corrected chi connectivity index (χ3v) is 5.15. The topological polar surface area (TPSA) is 65.4 Å². The van der Waals surface area contributed by atoms with Crippen molar-refractivity contribution >= 4 is 22.2 Å². The number of nitriles is 1. The van der Waals surface area contributed by atoms with Crippen molar-refractivity contribution in [2.45, 2.75) is 25.8 Å². The Kier molecular flexibility index (Phi) is 5.69. The van der Waals surface area contributed by atoms with E-state index in [4.69, 9.17) is 10.00 Å². The van der Waals surface area contributed by atoms with Crippen molar-refractivity contribution in [1.82, 2.24) is 4.90 Å². The molecule has 25 heavy (non-hydrogen) atoms. The molecule has 1 aromatic carbocycles. The van der Waals surface area contributed by atoms with E-state index in [9.17, 15) is 4.79 Å². The van der Waals surface area contributed by atoms with Crippen LogP contribution in [0.2, 0.25) is 0 Å². The lowest BCUT2D eigenvalue weighted by Crippen LogP contribution is -2.32. The molecule has 2 aromatic rings. The summed E-state index contributed by atoms with van der Waals surface area (Å²) in [6, 6.07) is 12.2. The van der Waals surface area contributed by atoms with Gasteiger partial charge < -0.3 is 10.1 Å². The summed E-state index contributed by atoms with van der Waals surface area (Å²) in [5, 5.41) is 14.3. The van der Waals surface area contributed by atoms with E-state index in [1.165, 1.54) is 16.9 Å². The Balaban J connectivity index is 1.63. The molecule has 0 saturated carbocycles. The first-order chi connectivity index (χ1) is 12.2. The fourth-order valence-corrected chi connectivity index (χ4v) is 3.94. The third kappa shape index (κ3) is 4.19. The molecular weight excluding hydrogens is 334 g/mol. The van der Waals surface area contributed by atoms with Crippen LogP contribution in [-0.2, 0) is 4.79 Å². The number of rotatable bonds is 6. The monoisotopic (exact) mass is 355 g/mol. The number of hydrogen-bond acceptors (Lipinski definition) is 5. The van der Waals surface area contributed by atoms with Gasteiger partial charge in [-0.15, -0.1) is 11.3 Å². The number of nitrogens with zero attached hydrogens (tertiary/aromatic N) is 2. The fraction of sp³-hybridized carbons (Fsp3) is 0.368. The van der Waals surface area contributed by atoms with Crippen LogP contribution in [0.15, 0.2) is 35.7 Å². The third-order valence-electron chi connectivity index (χ3n) is 4.32. The molecule has 1 aliphatic rings. The molecule has 1 aliphatic heterocycles. The molecule has 1 unspecified atom stereocenters. The molecule has 2 heterocycles. The van der Waals surface area contributed by atoms with Gasteiger partial charge in [-0.25, -0.2) is 0 Å². The van der Waals surface area contributed by atoms with Crippen molar-refractivity contribution in [3.05, 3.63) is 46.8 Å². The molecule has 1 fully saturated rings. The molecule has 1 amide bonds. The van der Waals surface area contributed by atoms with E-state index in [2.05, 4.69) is 28.4 Å². The molecule has 0 radical (unpaired) electrons. The normalized spacial score (nSPS) is 17.2. The van der Waals surface area contributed by atoms with E-state index in [0.717, 1.165) is 25.1 Å². The highest BCUT2D eigenvalue weighted by Crippen LogP contribution is 2.32. The number of hydrogen-bond donors (Lipinski definition) is 1. The quantitative estimate of drug-likeness (QED) is 0.856. The zero-order chi connectivity index (χ0) is 17.6. The van der Waals surface area contributed by atoms with Crippen LogP contribution in [0, 0.1) is 11.3 Å². The lowest BCUT2D eigenvalue weighted by molar-refractivity contribution is -0.117. The first kappa shape index (κ1) is 17.5. The van der Waals surface area contributed by atoms with E-state index < -0.39 is 0 Å². The predicted octanol–water partition coefficient (Wildman–Crippen LogP) is 3.79. The smallest absolute Gasteiger partial charge is 0.239 e. The van der Waals surface area contributed by atoms with Gasteiger partial charge in [0.05, 0.1) is 18.7 Å². The van der Waals surface area contributed by atoms with Crippen LogP contribution in [-0.4, -0.2) is 30.5 Å². The molecule has 1 atom stereocenters. The molecule has 5 nitrogen and oxygen atoms in total. The van der Waals surface area contributed by atoms with E-state index in [-0.39, 0.29) is 11.9 Å². The summed E-state index contributed by atoms with van der Waals surface area (Å²) in [5.41, 5.74) is 1.73. The summed E-state index contributed by atoms with van der Waals surface area (Å²) in [6.07, 6.45) is 2.12. The Hall–Kier alpha value is -2.36. The number of carbonyl (C=O) groups excluding carboxylic acids is 1. The lowest BCUT2D eigenvalue weighted by atomic mass is 10.0. The van der Waals surface area contributed by atoms with Gasteiger partial charge in [0.15, 0.2) is 0 Å². The van der Waals surface area contributed by atoms with Crippen molar-refractivity contribution in [2.24, 2.45) is 0 Å². The first-order valence-electron chi connectivity index (χ1n) is 8.45. The Labute approximate surface area is 151 Å². The van der Waals surface area contributed by atoms with E-state index in [0.29, 0.717) is 23.7 Å². The molecule has 1 N–H and O–H groups in total. The van der Waals surface area contributed by atoms with Gasteiger partial charge in [-0.2, -0.15) is 5.26 Å². The van der Waals surface area contributed by atoms with Crippen LogP contribution in [0.3, 0.4) is 0 Å². The van der Waals surface area contributed by atoms with Gasteiger partial charge in [-0.3, -0.25) is 9.69 Å². The average Bonchev–Trinajstić information content (AvgIpc) is 3.25. The molecule has 0 bridgehead atoms. The summed E-state index contributed by atoms with van der Waals surface area (Å²) in [5.74, 6) is 0.798. The lowest BCUT2D eigenvalue weighted by Gasteiger charge is -2.24. The molecule has 1 aromatic heterocycles. The summed E-state index contributed by atoms with van der Waals surface area (Å²) < 4.78 is 5.49. The van der Waals surface area contributed by atoms with Crippen molar-refractivity contribution < 1.29 is 9.53 Å². The molecule has 0 spiro atoms. The van der Waals surface area contributed by atoms with E-state index in [1.54, 1.807) is 6.07 Å². The van der Waals surface area contributed by atoms with E-state index in [1.807, 2.05) is 24.4 Å². The fourth-order valence-electron chi connectivity index (χ4n) is 3.19. The second-order valence-electron chi connectivity index (χ2n) is 5.95.